The van der Waals surface area contributed by atoms with Gasteiger partial charge in [0.1, 0.15) is 11.4 Å². The Morgan fingerprint density at radius 2 is 1.61 bits per heavy atom. The van der Waals surface area contributed by atoms with Crippen molar-refractivity contribution < 1.29 is 26.4 Å². The number of hydrogen-bond acceptors (Lipinski definition) is 6. The van der Waals surface area contributed by atoms with Crippen molar-refractivity contribution in [3.63, 3.8) is 0 Å². The third-order valence-electron chi connectivity index (χ3n) is 7.11. The van der Waals surface area contributed by atoms with E-state index >= 15 is 0 Å². The van der Waals surface area contributed by atoms with Gasteiger partial charge < -0.3 is 10.2 Å². The molecule has 0 bridgehead atoms. The lowest BCUT2D eigenvalue weighted by atomic mass is 9.96. The molecule has 8 nitrogen and oxygen atoms in total. The monoisotopic (exact) mass is 547 g/mol. The summed E-state index contributed by atoms with van der Waals surface area (Å²) in [6.07, 6.45) is -3.56. The summed E-state index contributed by atoms with van der Waals surface area (Å²) in [5.41, 5.74) is 0.798. The SMILES string of the molecule is O=C(c1cnn2c1N[C@@H](c1ccccc1)C[C@H]2C(F)(F)F)N1CCN(CCS(=O)(=O)c2ccccc2)CC1. The molecule has 1 aromatic heterocycles. The lowest BCUT2D eigenvalue weighted by molar-refractivity contribution is -0.173. The van der Waals surface area contributed by atoms with Gasteiger partial charge in [-0.15, -0.1) is 0 Å². The molecule has 2 aromatic carbocycles. The van der Waals surface area contributed by atoms with Crippen LogP contribution in [0.5, 0.6) is 0 Å². The summed E-state index contributed by atoms with van der Waals surface area (Å²) >= 11 is 0. The maximum atomic E-state index is 13.9. The number of carbonyl (C=O) groups is 1. The molecule has 1 amide bonds. The highest BCUT2D eigenvalue weighted by molar-refractivity contribution is 7.91. The predicted octanol–water partition coefficient (Wildman–Crippen LogP) is 3.78. The number of carbonyl (C=O) groups excluding carboxylic acids is 1. The van der Waals surface area contributed by atoms with Crippen LogP contribution in [0.4, 0.5) is 19.0 Å². The summed E-state index contributed by atoms with van der Waals surface area (Å²) in [5.74, 6) is -0.371. The van der Waals surface area contributed by atoms with E-state index < -0.39 is 34.0 Å². The molecule has 2 aliphatic heterocycles. The first-order valence-electron chi connectivity index (χ1n) is 12.4. The van der Waals surface area contributed by atoms with Crippen LogP contribution in [0.15, 0.2) is 71.8 Å². The lowest BCUT2D eigenvalue weighted by Crippen LogP contribution is -2.49. The fourth-order valence-corrected chi connectivity index (χ4v) is 6.27. The second-order valence-corrected chi connectivity index (χ2v) is 11.6. The number of sulfone groups is 1. The molecule has 2 atom stereocenters. The number of alkyl halides is 3. The molecule has 1 fully saturated rings. The Hall–Kier alpha value is -3.38. The molecule has 0 radical (unpaired) electrons. The molecule has 38 heavy (non-hydrogen) atoms. The van der Waals surface area contributed by atoms with Gasteiger partial charge in [0.15, 0.2) is 15.9 Å². The second kappa shape index (κ2) is 10.4. The van der Waals surface area contributed by atoms with Crippen molar-refractivity contribution >= 4 is 21.6 Å². The summed E-state index contributed by atoms with van der Waals surface area (Å²) in [7, 11) is -3.41. The van der Waals surface area contributed by atoms with E-state index in [1.165, 1.54) is 6.20 Å². The summed E-state index contributed by atoms with van der Waals surface area (Å²) in [6, 6.07) is 14.6. The van der Waals surface area contributed by atoms with Crippen LogP contribution in [0.2, 0.25) is 0 Å². The highest BCUT2D eigenvalue weighted by Crippen LogP contribution is 2.44. The fourth-order valence-electron chi connectivity index (χ4n) is 4.96. The zero-order chi connectivity index (χ0) is 26.9. The molecule has 202 valence electrons. The zero-order valence-electron chi connectivity index (χ0n) is 20.5. The minimum absolute atomic E-state index is 0.0362. The minimum atomic E-state index is -4.53. The summed E-state index contributed by atoms with van der Waals surface area (Å²) < 4.78 is 67.9. The van der Waals surface area contributed by atoms with Gasteiger partial charge in [-0.3, -0.25) is 9.69 Å². The Bertz CT molecular complexity index is 1370. The zero-order valence-corrected chi connectivity index (χ0v) is 21.3. The van der Waals surface area contributed by atoms with E-state index in [4.69, 9.17) is 0 Å². The van der Waals surface area contributed by atoms with Gasteiger partial charge in [-0.2, -0.15) is 18.3 Å². The second-order valence-electron chi connectivity index (χ2n) is 9.52. The molecule has 0 unspecified atom stereocenters. The number of nitrogens with zero attached hydrogens (tertiary/aromatic N) is 4. The van der Waals surface area contributed by atoms with Crippen molar-refractivity contribution in [2.45, 2.75) is 29.6 Å². The molecule has 0 saturated carbocycles. The number of piperazine rings is 1. The predicted molar refractivity (Wildman–Crippen MR) is 136 cm³/mol. The van der Waals surface area contributed by atoms with E-state index in [1.54, 1.807) is 65.6 Å². The number of nitrogens with one attached hydrogen (secondary N) is 1. The van der Waals surface area contributed by atoms with Gasteiger partial charge in [0.25, 0.3) is 5.91 Å². The van der Waals surface area contributed by atoms with Crippen LogP contribution in [0.3, 0.4) is 0 Å². The van der Waals surface area contributed by atoms with E-state index in [-0.39, 0.29) is 28.5 Å². The van der Waals surface area contributed by atoms with E-state index in [1.807, 2.05) is 4.90 Å². The normalized spacial score (nSPS) is 20.6. The van der Waals surface area contributed by atoms with Crippen LogP contribution < -0.4 is 5.32 Å². The molecular formula is C26H28F3N5O3S. The average molecular weight is 548 g/mol. The molecule has 3 aromatic rings. The van der Waals surface area contributed by atoms with Gasteiger partial charge in [0.2, 0.25) is 0 Å². The van der Waals surface area contributed by atoms with Crippen molar-refractivity contribution in [1.82, 2.24) is 19.6 Å². The number of amides is 1. The van der Waals surface area contributed by atoms with Crippen LogP contribution in [-0.2, 0) is 9.84 Å². The van der Waals surface area contributed by atoms with Gasteiger partial charge in [0, 0.05) is 39.1 Å². The molecular weight excluding hydrogens is 519 g/mol. The first-order chi connectivity index (χ1) is 18.1. The first kappa shape index (κ1) is 26.2. The molecule has 0 spiro atoms. The van der Waals surface area contributed by atoms with Crippen molar-refractivity contribution in [3.05, 3.63) is 78.0 Å². The molecule has 1 saturated heterocycles. The molecule has 1 N–H and O–H groups in total. The number of aromatic nitrogens is 2. The van der Waals surface area contributed by atoms with Crippen LogP contribution in [-0.4, -0.2) is 78.6 Å². The van der Waals surface area contributed by atoms with Crippen molar-refractivity contribution in [2.24, 2.45) is 0 Å². The van der Waals surface area contributed by atoms with Gasteiger partial charge in [0.05, 0.1) is 22.9 Å². The van der Waals surface area contributed by atoms with E-state index in [0.29, 0.717) is 38.3 Å². The Kier molecular flexibility index (Phi) is 7.19. The average Bonchev–Trinajstić information content (AvgIpc) is 3.36. The Morgan fingerprint density at radius 3 is 2.24 bits per heavy atom. The first-order valence-corrected chi connectivity index (χ1v) is 14.0. The highest BCUT2D eigenvalue weighted by atomic mass is 32.2. The topological polar surface area (TPSA) is 87.5 Å². The number of hydrogen-bond donors (Lipinski definition) is 1. The maximum absolute atomic E-state index is 13.9. The number of benzene rings is 2. The Balaban J connectivity index is 1.26. The standard InChI is InChI=1S/C26H28F3N5O3S/c27-26(28,29)23-17-22(19-7-3-1-4-8-19)31-24-21(18-30-34(23)24)25(35)33-13-11-32(12-14-33)15-16-38(36,37)20-9-5-2-6-10-20/h1-10,18,22-23,31H,11-17H2/t22-,23+/m1/s1. The number of halogens is 3. The highest BCUT2D eigenvalue weighted by Gasteiger charge is 2.47. The number of rotatable bonds is 6. The van der Waals surface area contributed by atoms with E-state index in [0.717, 1.165) is 4.68 Å². The Labute approximate surface area is 219 Å². The van der Waals surface area contributed by atoms with Gasteiger partial charge in [-0.1, -0.05) is 48.5 Å². The number of anilines is 1. The van der Waals surface area contributed by atoms with Gasteiger partial charge >= 0.3 is 6.18 Å². The summed E-state index contributed by atoms with van der Waals surface area (Å²) in [6.45, 7) is 1.92. The molecule has 3 heterocycles. The van der Waals surface area contributed by atoms with Crippen LogP contribution >= 0.6 is 0 Å². The largest absolute Gasteiger partial charge is 0.410 e. The summed E-state index contributed by atoms with van der Waals surface area (Å²) in [5, 5.41) is 7.08. The smallest absolute Gasteiger partial charge is 0.363 e. The molecule has 5 rings (SSSR count). The maximum Gasteiger partial charge on any atom is 0.410 e. The summed E-state index contributed by atoms with van der Waals surface area (Å²) in [4.78, 5) is 17.2. The van der Waals surface area contributed by atoms with Crippen LogP contribution in [0.1, 0.15) is 34.4 Å². The third-order valence-corrected chi connectivity index (χ3v) is 8.82. The van der Waals surface area contributed by atoms with Crippen LogP contribution in [0.25, 0.3) is 0 Å². The molecule has 12 heteroatoms. The molecule has 0 aliphatic carbocycles. The third kappa shape index (κ3) is 5.41. The van der Waals surface area contributed by atoms with Crippen LogP contribution in [0, 0.1) is 0 Å². The Morgan fingerprint density at radius 1 is 0.974 bits per heavy atom. The van der Waals surface area contributed by atoms with Crippen molar-refractivity contribution in [3.8, 4) is 0 Å². The molecule has 2 aliphatic rings. The minimum Gasteiger partial charge on any atom is -0.363 e. The number of fused-ring (bicyclic) bond motifs is 1. The van der Waals surface area contributed by atoms with Crippen molar-refractivity contribution in [1.29, 1.82) is 0 Å². The van der Waals surface area contributed by atoms with Crippen molar-refractivity contribution in [2.75, 3.05) is 43.8 Å². The van der Waals surface area contributed by atoms with Gasteiger partial charge in [-0.05, 0) is 17.7 Å². The van der Waals surface area contributed by atoms with Gasteiger partial charge in [-0.25, -0.2) is 13.1 Å². The van der Waals surface area contributed by atoms with E-state index in [2.05, 4.69) is 10.4 Å². The lowest BCUT2D eigenvalue weighted by Gasteiger charge is -2.36. The fraction of sp³-hybridized carbons (Fsp3) is 0.385. The van der Waals surface area contributed by atoms with E-state index in [9.17, 15) is 26.4 Å². The quantitative estimate of drug-likeness (QED) is 0.506.